The van der Waals surface area contributed by atoms with Gasteiger partial charge in [0.15, 0.2) is 0 Å². The Balaban J connectivity index is 1.55. The average Bonchev–Trinajstić information content (AvgIpc) is 3.06. The van der Waals surface area contributed by atoms with Crippen LogP contribution in [0.25, 0.3) is 0 Å². The van der Waals surface area contributed by atoms with Crippen molar-refractivity contribution in [1.82, 2.24) is 9.80 Å². The summed E-state index contributed by atoms with van der Waals surface area (Å²) in [6, 6.07) is 15.3. The lowest BCUT2D eigenvalue weighted by Gasteiger charge is -2.31. The minimum Gasteiger partial charge on any atom is -0.384 e. The van der Waals surface area contributed by atoms with Crippen LogP contribution in [0, 0.1) is 6.92 Å². The number of hydrogen-bond donors (Lipinski definition) is 1. The molecular formula is C25H32ClN3O. The minimum atomic E-state index is 0.230. The van der Waals surface area contributed by atoms with Gasteiger partial charge < -0.3 is 10.2 Å². The summed E-state index contributed by atoms with van der Waals surface area (Å²) in [5, 5.41) is 4.41. The number of anilines is 1. The van der Waals surface area contributed by atoms with Gasteiger partial charge in [-0.15, -0.1) is 0 Å². The third-order valence-electron chi connectivity index (χ3n) is 6.81. The first-order chi connectivity index (χ1) is 14.5. The van der Waals surface area contributed by atoms with Gasteiger partial charge in [-0.05, 0) is 68.5 Å². The van der Waals surface area contributed by atoms with Gasteiger partial charge in [-0.1, -0.05) is 41.9 Å². The SMILES string of the molecule is Cc1cccc2c1NCCC1CCC(CN(C(=O)CCc3ccc(Cl)cc3)C2)N1C. The average molecular weight is 426 g/mol. The van der Waals surface area contributed by atoms with Crippen LogP contribution in [0.2, 0.25) is 5.02 Å². The second kappa shape index (κ2) is 9.40. The van der Waals surface area contributed by atoms with Crippen LogP contribution in [0.1, 0.15) is 42.4 Å². The van der Waals surface area contributed by atoms with Crippen molar-refractivity contribution in [3.05, 3.63) is 64.2 Å². The quantitative estimate of drug-likeness (QED) is 0.760. The van der Waals surface area contributed by atoms with Crippen molar-refractivity contribution in [2.75, 3.05) is 25.5 Å². The maximum atomic E-state index is 13.3. The van der Waals surface area contributed by atoms with E-state index in [9.17, 15) is 4.79 Å². The van der Waals surface area contributed by atoms with Crippen molar-refractivity contribution in [3.8, 4) is 0 Å². The van der Waals surface area contributed by atoms with Gasteiger partial charge in [-0.2, -0.15) is 0 Å². The number of benzene rings is 2. The second-order valence-corrected chi connectivity index (χ2v) is 9.21. The molecule has 5 heteroatoms. The summed E-state index contributed by atoms with van der Waals surface area (Å²) in [4.78, 5) is 17.9. The Labute approximate surface area is 185 Å². The van der Waals surface area contributed by atoms with E-state index in [1.54, 1.807) is 0 Å². The van der Waals surface area contributed by atoms with E-state index in [2.05, 4.69) is 47.3 Å². The number of para-hydroxylation sites is 1. The highest BCUT2D eigenvalue weighted by Gasteiger charge is 2.33. The molecule has 2 aliphatic rings. The molecule has 4 rings (SSSR count). The predicted octanol–water partition coefficient (Wildman–Crippen LogP) is 4.89. The normalized spacial score (nSPS) is 22.2. The van der Waals surface area contributed by atoms with Crippen LogP contribution in [-0.2, 0) is 17.8 Å². The van der Waals surface area contributed by atoms with Gasteiger partial charge in [0, 0.05) is 48.8 Å². The van der Waals surface area contributed by atoms with Gasteiger partial charge in [-0.3, -0.25) is 9.69 Å². The van der Waals surface area contributed by atoms with Crippen LogP contribution in [0.5, 0.6) is 0 Å². The highest BCUT2D eigenvalue weighted by molar-refractivity contribution is 6.30. The molecule has 1 N–H and O–H groups in total. The number of aryl methyl sites for hydroxylation is 2. The Morgan fingerprint density at radius 1 is 1.10 bits per heavy atom. The molecule has 0 saturated carbocycles. The lowest BCUT2D eigenvalue weighted by molar-refractivity contribution is -0.132. The predicted molar refractivity (Wildman–Crippen MR) is 124 cm³/mol. The summed E-state index contributed by atoms with van der Waals surface area (Å²) in [6.07, 6.45) is 4.80. The summed E-state index contributed by atoms with van der Waals surface area (Å²) in [5.41, 5.74) is 4.82. The Morgan fingerprint density at radius 2 is 1.87 bits per heavy atom. The van der Waals surface area contributed by atoms with E-state index in [1.165, 1.54) is 29.7 Å². The van der Waals surface area contributed by atoms with Gasteiger partial charge in [0.1, 0.15) is 0 Å². The molecule has 0 spiro atoms. The fraction of sp³-hybridized carbons (Fsp3) is 0.480. The van der Waals surface area contributed by atoms with E-state index < -0.39 is 0 Å². The summed E-state index contributed by atoms with van der Waals surface area (Å²) in [7, 11) is 2.23. The summed E-state index contributed by atoms with van der Waals surface area (Å²) >= 11 is 6.00. The van der Waals surface area contributed by atoms with E-state index in [-0.39, 0.29) is 5.91 Å². The summed E-state index contributed by atoms with van der Waals surface area (Å²) in [5.74, 6) is 0.230. The van der Waals surface area contributed by atoms with Gasteiger partial charge in [-0.25, -0.2) is 0 Å². The number of hydrogen-bond acceptors (Lipinski definition) is 3. The standard InChI is InChI=1S/C25H32ClN3O/c1-18-4-3-5-20-16-29(24(30)13-8-19-6-9-21(26)10-7-19)17-23-12-11-22(28(23)2)14-15-27-25(18)20/h3-7,9-10,22-23,27H,8,11-17H2,1-2H3. The lowest BCUT2D eigenvalue weighted by atomic mass is 10.0. The van der Waals surface area contributed by atoms with E-state index in [4.69, 9.17) is 11.6 Å². The first kappa shape index (κ1) is 21.2. The van der Waals surface area contributed by atoms with Crippen molar-refractivity contribution < 1.29 is 4.79 Å². The van der Waals surface area contributed by atoms with Crippen molar-refractivity contribution in [3.63, 3.8) is 0 Å². The second-order valence-electron chi connectivity index (χ2n) is 8.78. The van der Waals surface area contributed by atoms with Gasteiger partial charge in [0.05, 0.1) is 0 Å². The highest BCUT2D eigenvalue weighted by atomic mass is 35.5. The Bertz CT molecular complexity index is 882. The topological polar surface area (TPSA) is 35.6 Å². The molecule has 0 aliphatic carbocycles. The molecule has 0 aromatic heterocycles. The Kier molecular flexibility index (Phi) is 6.64. The number of carbonyl (C=O) groups is 1. The van der Waals surface area contributed by atoms with Crippen LogP contribution in [0.15, 0.2) is 42.5 Å². The first-order valence-corrected chi connectivity index (χ1v) is 11.5. The minimum absolute atomic E-state index is 0.230. The van der Waals surface area contributed by atoms with E-state index in [0.717, 1.165) is 36.5 Å². The van der Waals surface area contributed by atoms with Crippen LogP contribution < -0.4 is 5.32 Å². The Morgan fingerprint density at radius 3 is 2.67 bits per heavy atom. The molecular weight excluding hydrogens is 394 g/mol. The summed E-state index contributed by atoms with van der Waals surface area (Å²) in [6.45, 7) is 4.60. The number of amides is 1. The molecule has 30 heavy (non-hydrogen) atoms. The molecule has 2 aliphatic heterocycles. The molecule has 2 unspecified atom stereocenters. The van der Waals surface area contributed by atoms with Crippen molar-refractivity contribution in [1.29, 1.82) is 0 Å². The molecule has 2 bridgehead atoms. The van der Waals surface area contributed by atoms with E-state index >= 15 is 0 Å². The van der Waals surface area contributed by atoms with Crippen LogP contribution in [0.3, 0.4) is 0 Å². The lowest BCUT2D eigenvalue weighted by Crippen LogP contribution is -2.43. The zero-order chi connectivity index (χ0) is 21.1. The van der Waals surface area contributed by atoms with Gasteiger partial charge in [0.25, 0.3) is 0 Å². The molecule has 160 valence electrons. The van der Waals surface area contributed by atoms with Crippen LogP contribution in [0.4, 0.5) is 5.69 Å². The smallest absolute Gasteiger partial charge is 0.223 e. The van der Waals surface area contributed by atoms with Crippen molar-refractivity contribution >= 4 is 23.2 Å². The van der Waals surface area contributed by atoms with Gasteiger partial charge in [0.2, 0.25) is 5.91 Å². The third-order valence-corrected chi connectivity index (χ3v) is 7.06. The number of rotatable bonds is 3. The molecule has 1 saturated heterocycles. The first-order valence-electron chi connectivity index (χ1n) is 11.1. The monoisotopic (exact) mass is 425 g/mol. The molecule has 2 aromatic rings. The fourth-order valence-electron chi connectivity index (χ4n) is 4.91. The number of halogens is 1. The van der Waals surface area contributed by atoms with E-state index in [1.807, 2.05) is 24.3 Å². The zero-order valence-corrected chi connectivity index (χ0v) is 18.8. The molecule has 2 heterocycles. The van der Waals surface area contributed by atoms with Crippen molar-refractivity contribution in [2.24, 2.45) is 0 Å². The Hall–Kier alpha value is -2.04. The number of likely N-dealkylation sites (N-methyl/N-ethyl adjacent to an activating group) is 1. The van der Waals surface area contributed by atoms with Crippen LogP contribution >= 0.6 is 11.6 Å². The largest absolute Gasteiger partial charge is 0.384 e. The van der Waals surface area contributed by atoms with Crippen molar-refractivity contribution in [2.45, 2.75) is 57.7 Å². The molecule has 2 aromatic carbocycles. The summed E-state index contributed by atoms with van der Waals surface area (Å²) < 4.78 is 0. The maximum absolute atomic E-state index is 13.3. The van der Waals surface area contributed by atoms with Gasteiger partial charge >= 0.3 is 0 Å². The van der Waals surface area contributed by atoms with Crippen LogP contribution in [-0.4, -0.2) is 47.9 Å². The maximum Gasteiger partial charge on any atom is 0.223 e. The third kappa shape index (κ3) is 4.81. The molecule has 2 atom stereocenters. The molecule has 0 radical (unpaired) electrons. The number of fused-ring (bicyclic) bond motifs is 3. The molecule has 1 amide bonds. The van der Waals surface area contributed by atoms with E-state index in [0.29, 0.717) is 25.0 Å². The molecule has 1 fully saturated rings. The fourth-order valence-corrected chi connectivity index (χ4v) is 5.04. The number of nitrogens with one attached hydrogen (secondary N) is 1. The zero-order valence-electron chi connectivity index (χ0n) is 18.0. The number of carbonyl (C=O) groups excluding carboxylic acids is 1. The molecule has 4 nitrogen and oxygen atoms in total. The highest BCUT2D eigenvalue weighted by Crippen LogP contribution is 2.29. The number of nitrogens with zero attached hydrogens (tertiary/aromatic N) is 2.